The van der Waals surface area contributed by atoms with Crippen LogP contribution in [-0.4, -0.2) is 22.0 Å². The van der Waals surface area contributed by atoms with Crippen LogP contribution in [0.15, 0.2) is 17.8 Å². The Hall–Kier alpha value is -1.33. The van der Waals surface area contributed by atoms with Gasteiger partial charge in [-0.15, -0.1) is 11.3 Å². The molecule has 0 saturated carbocycles. The van der Waals surface area contributed by atoms with Crippen molar-refractivity contribution in [3.05, 3.63) is 39.9 Å². The average molecular weight is 248 g/mol. The number of nitrogens with zero attached hydrogens (tertiary/aromatic N) is 3. The van der Waals surface area contributed by atoms with Crippen LogP contribution < -0.4 is 5.32 Å². The Balaban J connectivity index is 2.13. The van der Waals surface area contributed by atoms with Crippen molar-refractivity contribution in [1.82, 2.24) is 20.3 Å². The van der Waals surface area contributed by atoms with Crippen LogP contribution in [0, 0.1) is 13.8 Å². The van der Waals surface area contributed by atoms with Gasteiger partial charge in [0.25, 0.3) is 0 Å². The summed E-state index contributed by atoms with van der Waals surface area (Å²) in [6.45, 7) is 3.96. The van der Waals surface area contributed by atoms with E-state index in [0.717, 1.165) is 28.5 Å². The highest BCUT2D eigenvalue weighted by Crippen LogP contribution is 2.17. The van der Waals surface area contributed by atoms with E-state index < -0.39 is 0 Å². The summed E-state index contributed by atoms with van der Waals surface area (Å²) in [5, 5.41) is 6.46. The third-order valence-electron chi connectivity index (χ3n) is 2.59. The van der Waals surface area contributed by atoms with Gasteiger partial charge in [-0.25, -0.2) is 4.98 Å². The maximum absolute atomic E-state index is 4.47. The SMILES string of the molecule is CNC(Cc1csc(C)n1)c1cnc(C)cn1. The van der Waals surface area contributed by atoms with Crippen molar-refractivity contribution >= 4 is 11.3 Å². The molecule has 2 heterocycles. The molecule has 2 aromatic heterocycles. The van der Waals surface area contributed by atoms with E-state index in [1.807, 2.05) is 27.1 Å². The lowest BCUT2D eigenvalue weighted by Crippen LogP contribution is -2.20. The highest BCUT2D eigenvalue weighted by Gasteiger charge is 2.13. The van der Waals surface area contributed by atoms with Crippen LogP contribution in [-0.2, 0) is 6.42 Å². The van der Waals surface area contributed by atoms with Gasteiger partial charge in [-0.3, -0.25) is 9.97 Å². The molecule has 2 rings (SSSR count). The highest BCUT2D eigenvalue weighted by atomic mass is 32.1. The predicted octanol–water partition coefficient (Wildman–Crippen LogP) is 2.05. The van der Waals surface area contributed by atoms with E-state index in [0.29, 0.717) is 0 Å². The molecule has 5 heteroatoms. The maximum Gasteiger partial charge on any atom is 0.0897 e. The normalized spacial score (nSPS) is 12.6. The predicted molar refractivity (Wildman–Crippen MR) is 69.1 cm³/mol. The number of likely N-dealkylation sites (N-methyl/N-ethyl adjacent to an activating group) is 1. The highest BCUT2D eigenvalue weighted by molar-refractivity contribution is 7.09. The second kappa shape index (κ2) is 5.33. The van der Waals surface area contributed by atoms with Gasteiger partial charge in [-0.05, 0) is 20.9 Å². The number of nitrogens with one attached hydrogen (secondary N) is 1. The van der Waals surface area contributed by atoms with E-state index in [4.69, 9.17) is 0 Å². The molecule has 0 bridgehead atoms. The fourth-order valence-corrected chi connectivity index (χ4v) is 2.27. The van der Waals surface area contributed by atoms with Gasteiger partial charge < -0.3 is 5.32 Å². The minimum Gasteiger partial charge on any atom is -0.311 e. The number of hydrogen-bond donors (Lipinski definition) is 1. The van der Waals surface area contributed by atoms with Crippen LogP contribution in [0.3, 0.4) is 0 Å². The average Bonchev–Trinajstić information content (AvgIpc) is 2.73. The third kappa shape index (κ3) is 3.08. The molecule has 0 spiro atoms. The summed E-state index contributed by atoms with van der Waals surface area (Å²) < 4.78 is 0. The van der Waals surface area contributed by atoms with Gasteiger partial charge in [0, 0.05) is 18.0 Å². The molecule has 0 aliphatic heterocycles. The minimum absolute atomic E-state index is 0.171. The Kier molecular flexibility index (Phi) is 3.81. The zero-order valence-corrected chi connectivity index (χ0v) is 11.1. The molecule has 0 radical (unpaired) electrons. The van der Waals surface area contributed by atoms with Crippen LogP contribution in [0.2, 0.25) is 0 Å². The van der Waals surface area contributed by atoms with E-state index in [1.54, 1.807) is 17.5 Å². The van der Waals surface area contributed by atoms with Crippen LogP contribution in [0.25, 0.3) is 0 Å². The number of hydrogen-bond acceptors (Lipinski definition) is 5. The summed E-state index contributed by atoms with van der Waals surface area (Å²) in [5.74, 6) is 0. The van der Waals surface area contributed by atoms with Gasteiger partial charge in [0.05, 0.1) is 34.3 Å². The first-order valence-electron chi connectivity index (χ1n) is 5.56. The van der Waals surface area contributed by atoms with E-state index in [1.165, 1.54) is 0 Å². The molecular formula is C12H16N4S. The van der Waals surface area contributed by atoms with Gasteiger partial charge in [0.1, 0.15) is 0 Å². The molecule has 0 fully saturated rings. The van der Waals surface area contributed by atoms with Crippen LogP contribution >= 0.6 is 11.3 Å². The zero-order chi connectivity index (χ0) is 12.3. The molecule has 1 unspecified atom stereocenters. The Morgan fingerprint density at radius 3 is 2.65 bits per heavy atom. The molecule has 4 nitrogen and oxygen atoms in total. The van der Waals surface area contributed by atoms with E-state index in [-0.39, 0.29) is 6.04 Å². The van der Waals surface area contributed by atoms with Crippen molar-refractivity contribution < 1.29 is 0 Å². The fourth-order valence-electron chi connectivity index (χ4n) is 1.65. The molecular weight excluding hydrogens is 232 g/mol. The van der Waals surface area contributed by atoms with E-state index in [9.17, 15) is 0 Å². The van der Waals surface area contributed by atoms with Gasteiger partial charge in [0.2, 0.25) is 0 Å². The molecule has 0 aromatic carbocycles. The summed E-state index contributed by atoms with van der Waals surface area (Å²) in [6, 6.07) is 0.171. The van der Waals surface area contributed by atoms with Crippen molar-refractivity contribution in [2.75, 3.05) is 7.05 Å². The number of aromatic nitrogens is 3. The molecule has 1 atom stereocenters. The summed E-state index contributed by atoms with van der Waals surface area (Å²) in [6.07, 6.45) is 4.47. The lowest BCUT2D eigenvalue weighted by Gasteiger charge is -2.13. The summed E-state index contributed by atoms with van der Waals surface area (Å²) in [7, 11) is 1.94. The zero-order valence-electron chi connectivity index (χ0n) is 10.3. The van der Waals surface area contributed by atoms with Crippen LogP contribution in [0.4, 0.5) is 0 Å². The largest absolute Gasteiger partial charge is 0.311 e. The van der Waals surface area contributed by atoms with Gasteiger partial charge in [0.15, 0.2) is 0 Å². The van der Waals surface area contributed by atoms with Crippen molar-refractivity contribution in [2.24, 2.45) is 0 Å². The first kappa shape index (κ1) is 12.1. The standard InChI is InChI=1S/C12H16N4S/c1-8-5-15-12(6-14-8)11(13-3)4-10-7-17-9(2)16-10/h5-7,11,13H,4H2,1-3H3. The maximum atomic E-state index is 4.47. The molecule has 2 aromatic rings. The molecule has 0 amide bonds. The van der Waals surface area contributed by atoms with Gasteiger partial charge in [-0.2, -0.15) is 0 Å². The lowest BCUT2D eigenvalue weighted by atomic mass is 10.1. The molecule has 0 saturated heterocycles. The summed E-state index contributed by atoms with van der Waals surface area (Å²) in [5.41, 5.74) is 3.01. The van der Waals surface area contributed by atoms with E-state index in [2.05, 4.69) is 25.6 Å². The van der Waals surface area contributed by atoms with Crippen molar-refractivity contribution in [1.29, 1.82) is 0 Å². The van der Waals surface area contributed by atoms with Crippen molar-refractivity contribution in [3.63, 3.8) is 0 Å². The Morgan fingerprint density at radius 2 is 2.12 bits per heavy atom. The van der Waals surface area contributed by atoms with Crippen molar-refractivity contribution in [3.8, 4) is 0 Å². The van der Waals surface area contributed by atoms with Gasteiger partial charge >= 0.3 is 0 Å². The second-order valence-electron chi connectivity index (χ2n) is 3.99. The minimum atomic E-state index is 0.171. The van der Waals surface area contributed by atoms with Crippen molar-refractivity contribution in [2.45, 2.75) is 26.3 Å². The Labute approximate surface area is 105 Å². The molecule has 17 heavy (non-hydrogen) atoms. The smallest absolute Gasteiger partial charge is 0.0897 e. The van der Waals surface area contributed by atoms with E-state index >= 15 is 0 Å². The quantitative estimate of drug-likeness (QED) is 0.899. The summed E-state index contributed by atoms with van der Waals surface area (Å²) >= 11 is 1.68. The molecule has 0 aliphatic rings. The topological polar surface area (TPSA) is 50.7 Å². The number of thiazole rings is 1. The first-order valence-corrected chi connectivity index (χ1v) is 6.44. The molecule has 1 N–H and O–H groups in total. The molecule has 90 valence electrons. The number of rotatable bonds is 4. The van der Waals surface area contributed by atoms with Crippen LogP contribution in [0.1, 0.15) is 28.1 Å². The molecule has 0 aliphatic carbocycles. The monoisotopic (exact) mass is 248 g/mol. The Bertz CT molecular complexity index is 478. The van der Waals surface area contributed by atoms with Crippen LogP contribution in [0.5, 0.6) is 0 Å². The Morgan fingerprint density at radius 1 is 1.29 bits per heavy atom. The lowest BCUT2D eigenvalue weighted by molar-refractivity contribution is 0.566. The summed E-state index contributed by atoms with van der Waals surface area (Å²) in [4.78, 5) is 13.1. The second-order valence-corrected chi connectivity index (χ2v) is 5.05. The van der Waals surface area contributed by atoms with Gasteiger partial charge in [-0.1, -0.05) is 0 Å². The number of aryl methyl sites for hydroxylation is 2. The first-order chi connectivity index (χ1) is 8.19. The fraction of sp³-hybridized carbons (Fsp3) is 0.417. The third-order valence-corrected chi connectivity index (χ3v) is 3.41.